The highest BCUT2D eigenvalue weighted by Gasteiger charge is 2.33. The van der Waals surface area contributed by atoms with Crippen LogP contribution >= 0.6 is 0 Å². The average molecular weight is 237 g/mol. The highest BCUT2D eigenvalue weighted by atomic mass is 15.0. The summed E-state index contributed by atoms with van der Waals surface area (Å²) in [5.74, 6) is 3.65. The van der Waals surface area contributed by atoms with Gasteiger partial charge in [-0.15, -0.1) is 0 Å². The van der Waals surface area contributed by atoms with Gasteiger partial charge in [-0.2, -0.15) is 0 Å². The van der Waals surface area contributed by atoms with Gasteiger partial charge in [0.15, 0.2) is 0 Å². The fourth-order valence-corrected chi connectivity index (χ4v) is 4.06. The zero-order valence-electron chi connectivity index (χ0n) is 12.2. The van der Waals surface area contributed by atoms with E-state index < -0.39 is 0 Å². The molecule has 2 rings (SSSR count). The average Bonchev–Trinajstić information content (AvgIpc) is 2.63. The fraction of sp³-hybridized carbons (Fsp3) is 1.00. The maximum absolute atomic E-state index is 4.01. The van der Waals surface area contributed by atoms with Gasteiger partial charge in [-0.1, -0.05) is 34.1 Å². The quantitative estimate of drug-likeness (QED) is 0.774. The third kappa shape index (κ3) is 3.47. The molecular formula is C16H31N. The Labute approximate surface area is 108 Å². The molecule has 17 heavy (non-hydrogen) atoms. The number of nitrogens with one attached hydrogen (secondary N) is 1. The molecule has 0 heterocycles. The Hall–Kier alpha value is -0.0400. The molecule has 0 spiro atoms. The molecule has 2 saturated carbocycles. The van der Waals surface area contributed by atoms with Crippen molar-refractivity contribution < 1.29 is 0 Å². The van der Waals surface area contributed by atoms with Gasteiger partial charge in [-0.25, -0.2) is 0 Å². The molecule has 100 valence electrons. The first-order chi connectivity index (χ1) is 8.06. The Balaban J connectivity index is 1.90. The van der Waals surface area contributed by atoms with Crippen molar-refractivity contribution in [3.05, 3.63) is 0 Å². The molecule has 2 fully saturated rings. The second kappa shape index (κ2) is 5.73. The molecule has 0 aromatic carbocycles. The van der Waals surface area contributed by atoms with Crippen LogP contribution in [-0.4, -0.2) is 12.1 Å². The van der Waals surface area contributed by atoms with E-state index in [1.54, 1.807) is 0 Å². The van der Waals surface area contributed by atoms with E-state index in [1.165, 1.54) is 38.5 Å². The normalized spacial score (nSPS) is 43.2. The van der Waals surface area contributed by atoms with Gasteiger partial charge in [-0.05, 0) is 55.8 Å². The molecule has 2 aliphatic carbocycles. The lowest BCUT2D eigenvalue weighted by Crippen LogP contribution is -2.46. The molecule has 1 N–H and O–H groups in total. The Bertz CT molecular complexity index is 236. The van der Waals surface area contributed by atoms with E-state index >= 15 is 0 Å². The zero-order chi connectivity index (χ0) is 12.4. The predicted octanol–water partition coefficient (Wildman–Crippen LogP) is 4.23. The van der Waals surface area contributed by atoms with Gasteiger partial charge in [0.05, 0.1) is 0 Å². The van der Waals surface area contributed by atoms with Gasteiger partial charge < -0.3 is 5.32 Å². The molecule has 1 heteroatoms. The lowest BCUT2D eigenvalue weighted by atomic mass is 9.74. The summed E-state index contributed by atoms with van der Waals surface area (Å²) in [7, 11) is 0. The summed E-state index contributed by atoms with van der Waals surface area (Å²) in [5, 5.41) is 4.01. The van der Waals surface area contributed by atoms with Gasteiger partial charge in [0.1, 0.15) is 0 Å². The van der Waals surface area contributed by atoms with Crippen LogP contribution in [0.5, 0.6) is 0 Å². The number of hydrogen-bond acceptors (Lipinski definition) is 1. The first kappa shape index (κ1) is 13.4. The first-order valence-electron chi connectivity index (χ1n) is 7.82. The maximum atomic E-state index is 4.01. The third-order valence-electron chi connectivity index (χ3n) is 5.17. The first-order valence-corrected chi connectivity index (χ1v) is 7.82. The van der Waals surface area contributed by atoms with Crippen molar-refractivity contribution in [3.63, 3.8) is 0 Å². The summed E-state index contributed by atoms with van der Waals surface area (Å²) in [6.45, 7) is 9.66. The highest BCUT2D eigenvalue weighted by molar-refractivity contribution is 4.89. The van der Waals surface area contributed by atoms with E-state index in [0.29, 0.717) is 0 Å². The van der Waals surface area contributed by atoms with Crippen LogP contribution in [0.4, 0.5) is 0 Å². The predicted molar refractivity (Wildman–Crippen MR) is 75.1 cm³/mol. The lowest BCUT2D eigenvalue weighted by Gasteiger charge is -2.39. The number of hydrogen-bond donors (Lipinski definition) is 1. The van der Waals surface area contributed by atoms with E-state index in [1.807, 2.05) is 0 Å². The van der Waals surface area contributed by atoms with Gasteiger partial charge in [-0.3, -0.25) is 0 Å². The molecule has 1 nitrogen and oxygen atoms in total. The molecule has 0 aromatic rings. The van der Waals surface area contributed by atoms with Crippen LogP contribution in [0.25, 0.3) is 0 Å². The van der Waals surface area contributed by atoms with E-state index in [9.17, 15) is 0 Å². The van der Waals surface area contributed by atoms with Crippen molar-refractivity contribution >= 4 is 0 Å². The minimum atomic E-state index is 0.800. The highest BCUT2D eigenvalue weighted by Crippen LogP contribution is 2.35. The molecule has 0 radical (unpaired) electrons. The SMILES string of the molecule is CC1CCC(NC2CC(C)CCC2C(C)C)C1. The Kier molecular flexibility index (Phi) is 4.52. The van der Waals surface area contributed by atoms with Crippen molar-refractivity contribution in [3.8, 4) is 0 Å². The Morgan fingerprint density at radius 1 is 0.882 bits per heavy atom. The molecule has 0 saturated heterocycles. The smallest absolute Gasteiger partial charge is 0.0103 e. The topological polar surface area (TPSA) is 12.0 Å². The van der Waals surface area contributed by atoms with Gasteiger partial charge >= 0.3 is 0 Å². The lowest BCUT2D eigenvalue weighted by molar-refractivity contribution is 0.159. The monoisotopic (exact) mass is 237 g/mol. The van der Waals surface area contributed by atoms with Crippen molar-refractivity contribution in [2.45, 2.75) is 78.3 Å². The largest absolute Gasteiger partial charge is 0.311 e. The van der Waals surface area contributed by atoms with Crippen molar-refractivity contribution in [2.75, 3.05) is 0 Å². The molecule has 0 bridgehead atoms. The number of rotatable bonds is 3. The van der Waals surface area contributed by atoms with Crippen molar-refractivity contribution in [2.24, 2.45) is 23.7 Å². The summed E-state index contributed by atoms with van der Waals surface area (Å²) < 4.78 is 0. The van der Waals surface area contributed by atoms with Crippen LogP contribution in [-0.2, 0) is 0 Å². The minimum Gasteiger partial charge on any atom is -0.311 e. The van der Waals surface area contributed by atoms with Crippen LogP contribution < -0.4 is 5.32 Å². The second-order valence-corrected chi connectivity index (χ2v) is 7.21. The summed E-state index contributed by atoms with van der Waals surface area (Å²) >= 11 is 0. The van der Waals surface area contributed by atoms with Crippen LogP contribution in [0.15, 0.2) is 0 Å². The van der Waals surface area contributed by atoms with Crippen LogP contribution in [0, 0.1) is 23.7 Å². The maximum Gasteiger partial charge on any atom is 0.0103 e. The molecule has 2 aliphatic rings. The van der Waals surface area contributed by atoms with E-state index in [-0.39, 0.29) is 0 Å². The molecule has 0 aromatic heterocycles. The van der Waals surface area contributed by atoms with Crippen LogP contribution in [0.1, 0.15) is 66.2 Å². The van der Waals surface area contributed by atoms with Gasteiger partial charge in [0.2, 0.25) is 0 Å². The van der Waals surface area contributed by atoms with E-state index in [4.69, 9.17) is 0 Å². The minimum absolute atomic E-state index is 0.800. The summed E-state index contributed by atoms with van der Waals surface area (Å²) in [4.78, 5) is 0. The van der Waals surface area contributed by atoms with Crippen LogP contribution in [0.3, 0.4) is 0 Å². The van der Waals surface area contributed by atoms with Gasteiger partial charge in [0.25, 0.3) is 0 Å². The second-order valence-electron chi connectivity index (χ2n) is 7.21. The standard InChI is InChI=1S/C16H31N/c1-11(2)15-8-6-13(4)10-16(15)17-14-7-5-12(3)9-14/h11-17H,5-10H2,1-4H3. The van der Waals surface area contributed by atoms with E-state index in [2.05, 4.69) is 33.0 Å². The summed E-state index contributed by atoms with van der Waals surface area (Å²) in [6.07, 6.45) is 8.56. The molecule has 0 amide bonds. The van der Waals surface area contributed by atoms with E-state index in [0.717, 1.165) is 35.8 Å². The summed E-state index contributed by atoms with van der Waals surface area (Å²) in [5.41, 5.74) is 0. The van der Waals surface area contributed by atoms with Crippen molar-refractivity contribution in [1.29, 1.82) is 0 Å². The zero-order valence-corrected chi connectivity index (χ0v) is 12.2. The fourth-order valence-electron chi connectivity index (χ4n) is 4.06. The Morgan fingerprint density at radius 2 is 1.53 bits per heavy atom. The van der Waals surface area contributed by atoms with Gasteiger partial charge in [0, 0.05) is 12.1 Å². The summed E-state index contributed by atoms with van der Waals surface area (Å²) in [6, 6.07) is 1.62. The molecular weight excluding hydrogens is 206 g/mol. The molecule has 0 aliphatic heterocycles. The molecule has 5 atom stereocenters. The van der Waals surface area contributed by atoms with Crippen LogP contribution in [0.2, 0.25) is 0 Å². The van der Waals surface area contributed by atoms with Crippen molar-refractivity contribution in [1.82, 2.24) is 5.32 Å². The molecule has 5 unspecified atom stereocenters. The Morgan fingerprint density at radius 3 is 2.12 bits per heavy atom. The third-order valence-corrected chi connectivity index (χ3v) is 5.17.